The van der Waals surface area contributed by atoms with Gasteiger partial charge in [-0.1, -0.05) is 24.3 Å². The number of benzene rings is 3. The van der Waals surface area contributed by atoms with Crippen molar-refractivity contribution in [2.75, 3.05) is 24.9 Å². The van der Waals surface area contributed by atoms with Crippen LogP contribution in [-0.4, -0.2) is 35.9 Å². The molecule has 3 aromatic rings. The van der Waals surface area contributed by atoms with Gasteiger partial charge < -0.3 is 20.1 Å². The van der Waals surface area contributed by atoms with Crippen molar-refractivity contribution in [3.05, 3.63) is 92.0 Å². The molecule has 0 unspecified atom stereocenters. The molecule has 0 heterocycles. The molecule has 0 saturated heterocycles. The van der Waals surface area contributed by atoms with Gasteiger partial charge in [0.25, 0.3) is 23.2 Å². The van der Waals surface area contributed by atoms with E-state index in [2.05, 4.69) is 10.6 Å². The van der Waals surface area contributed by atoms with Gasteiger partial charge in [0.05, 0.1) is 41.5 Å². The topological polar surface area (TPSA) is 163 Å². The van der Waals surface area contributed by atoms with Crippen molar-refractivity contribution in [3.8, 4) is 11.5 Å². The minimum atomic E-state index is -0.961. The van der Waals surface area contributed by atoms with E-state index >= 15 is 0 Å². The van der Waals surface area contributed by atoms with E-state index in [9.17, 15) is 29.8 Å². The highest BCUT2D eigenvalue weighted by molar-refractivity contribution is 6.13. The second-order valence-electron chi connectivity index (χ2n) is 6.71. The zero-order chi connectivity index (χ0) is 24.8. The second-order valence-corrected chi connectivity index (χ2v) is 6.71. The maximum absolute atomic E-state index is 12.9. The predicted molar refractivity (Wildman–Crippen MR) is 122 cm³/mol. The Morgan fingerprint density at radius 3 is 1.44 bits per heavy atom. The van der Waals surface area contributed by atoms with E-state index in [0.717, 1.165) is 6.07 Å². The number of ether oxygens (including phenoxy) is 2. The van der Waals surface area contributed by atoms with Crippen molar-refractivity contribution in [1.29, 1.82) is 0 Å². The molecule has 0 aromatic heterocycles. The van der Waals surface area contributed by atoms with Crippen LogP contribution in [0.15, 0.2) is 60.7 Å². The lowest BCUT2D eigenvalue weighted by atomic mass is 10.0. The Hall–Kier alpha value is -5.00. The van der Waals surface area contributed by atoms with E-state index < -0.39 is 44.2 Å². The Morgan fingerprint density at radius 1 is 0.706 bits per heavy atom. The molecule has 12 heteroatoms. The maximum Gasteiger partial charge on any atom is 0.289 e. The summed E-state index contributed by atoms with van der Waals surface area (Å²) in [6.07, 6.45) is 0. The van der Waals surface area contributed by atoms with Gasteiger partial charge in [0, 0.05) is 0 Å². The monoisotopic (exact) mass is 466 g/mol. The van der Waals surface area contributed by atoms with Crippen molar-refractivity contribution in [3.63, 3.8) is 0 Å². The number of para-hydroxylation sites is 4. The van der Waals surface area contributed by atoms with Gasteiger partial charge in [-0.3, -0.25) is 29.8 Å². The Balaban J connectivity index is 2.08. The second kappa shape index (κ2) is 10.1. The Kier molecular flexibility index (Phi) is 7.01. The summed E-state index contributed by atoms with van der Waals surface area (Å²) in [5.74, 6) is -1.35. The number of hydrogen-bond acceptors (Lipinski definition) is 8. The largest absolute Gasteiger partial charge is 0.495 e. The molecule has 0 radical (unpaired) electrons. The number of nitro groups is 2. The van der Waals surface area contributed by atoms with Crippen LogP contribution in [-0.2, 0) is 0 Å². The summed E-state index contributed by atoms with van der Waals surface area (Å²) in [5.41, 5.74) is -2.36. The molecule has 0 saturated carbocycles. The summed E-state index contributed by atoms with van der Waals surface area (Å²) < 4.78 is 10.3. The van der Waals surface area contributed by atoms with Crippen molar-refractivity contribution in [2.24, 2.45) is 0 Å². The van der Waals surface area contributed by atoms with Crippen LogP contribution in [0.5, 0.6) is 11.5 Å². The van der Waals surface area contributed by atoms with Gasteiger partial charge in [0.1, 0.15) is 22.6 Å². The highest BCUT2D eigenvalue weighted by atomic mass is 16.6. The van der Waals surface area contributed by atoms with Crippen molar-refractivity contribution < 1.29 is 28.9 Å². The molecule has 0 spiro atoms. The number of nitrogens with one attached hydrogen (secondary N) is 2. The molecule has 12 nitrogen and oxygen atoms in total. The molecule has 3 rings (SSSR count). The Bertz CT molecular complexity index is 1200. The molecule has 0 fully saturated rings. The summed E-state index contributed by atoms with van der Waals surface area (Å²) in [6, 6.07) is 14.0. The summed E-state index contributed by atoms with van der Waals surface area (Å²) in [6.45, 7) is 0. The van der Waals surface area contributed by atoms with E-state index in [1.54, 1.807) is 36.4 Å². The molecule has 0 aliphatic rings. The molecule has 34 heavy (non-hydrogen) atoms. The first-order valence-electron chi connectivity index (χ1n) is 9.62. The SMILES string of the molecule is COc1ccccc1NC(=O)c1cc(C(=O)Nc2ccccc2OC)c([N+](=O)[O-])cc1[N+](=O)[O-]. The fourth-order valence-corrected chi connectivity index (χ4v) is 3.12. The quantitative estimate of drug-likeness (QED) is 0.371. The van der Waals surface area contributed by atoms with Crippen molar-refractivity contribution in [2.45, 2.75) is 0 Å². The van der Waals surface area contributed by atoms with Gasteiger partial charge in [-0.2, -0.15) is 0 Å². The molecule has 0 atom stereocenters. The number of anilines is 2. The third-order valence-electron chi connectivity index (χ3n) is 4.71. The summed E-state index contributed by atoms with van der Waals surface area (Å²) in [7, 11) is 2.75. The third kappa shape index (κ3) is 4.91. The molecular formula is C22H18N4O8. The van der Waals surface area contributed by atoms with Crippen LogP contribution in [0.25, 0.3) is 0 Å². The highest BCUT2D eigenvalue weighted by Crippen LogP contribution is 2.32. The Morgan fingerprint density at radius 2 is 1.09 bits per heavy atom. The molecule has 0 aliphatic heterocycles. The lowest BCUT2D eigenvalue weighted by Crippen LogP contribution is -2.19. The lowest BCUT2D eigenvalue weighted by Gasteiger charge is -2.12. The number of nitrogens with zero attached hydrogens (tertiary/aromatic N) is 2. The van der Waals surface area contributed by atoms with Crippen LogP contribution in [0, 0.1) is 20.2 Å². The highest BCUT2D eigenvalue weighted by Gasteiger charge is 2.31. The average Bonchev–Trinajstić information content (AvgIpc) is 2.83. The maximum atomic E-state index is 12.9. The number of nitro benzene ring substituents is 2. The van der Waals surface area contributed by atoms with Crippen molar-refractivity contribution >= 4 is 34.6 Å². The third-order valence-corrected chi connectivity index (χ3v) is 4.71. The van der Waals surface area contributed by atoms with Crippen LogP contribution >= 0.6 is 0 Å². The number of rotatable bonds is 8. The first-order chi connectivity index (χ1) is 16.3. The first-order valence-corrected chi connectivity index (χ1v) is 9.62. The number of carbonyl (C=O) groups excluding carboxylic acids is 2. The van der Waals surface area contributed by atoms with Crippen LogP contribution in [0.1, 0.15) is 20.7 Å². The summed E-state index contributed by atoms with van der Waals surface area (Å²) in [4.78, 5) is 47.2. The number of amides is 2. The van der Waals surface area contributed by atoms with E-state index in [4.69, 9.17) is 9.47 Å². The van der Waals surface area contributed by atoms with E-state index in [1.807, 2.05) is 0 Å². The van der Waals surface area contributed by atoms with Gasteiger partial charge in [0.15, 0.2) is 0 Å². The Labute approximate surface area is 192 Å². The van der Waals surface area contributed by atoms with Gasteiger partial charge >= 0.3 is 0 Å². The average molecular weight is 466 g/mol. The normalized spacial score (nSPS) is 10.2. The van der Waals surface area contributed by atoms with Crippen molar-refractivity contribution in [1.82, 2.24) is 0 Å². The standard InChI is InChI=1S/C22H18N4O8/c1-33-19-9-5-3-7-15(19)23-21(27)13-11-14(18(26(31)32)12-17(13)25(29)30)22(28)24-16-8-4-6-10-20(16)34-2/h3-12H,1-2H3,(H,23,27)(H,24,28). The summed E-state index contributed by atoms with van der Waals surface area (Å²) in [5, 5.41) is 28.1. The minimum absolute atomic E-state index is 0.211. The smallest absolute Gasteiger partial charge is 0.289 e. The van der Waals surface area contributed by atoms with E-state index in [1.165, 1.54) is 26.4 Å². The molecular weight excluding hydrogens is 448 g/mol. The molecule has 174 valence electrons. The molecule has 3 aromatic carbocycles. The molecule has 0 bridgehead atoms. The van der Waals surface area contributed by atoms with Gasteiger partial charge in [-0.25, -0.2) is 0 Å². The number of methoxy groups -OCH3 is 2. The summed E-state index contributed by atoms with van der Waals surface area (Å²) >= 11 is 0. The van der Waals surface area contributed by atoms with Crippen LogP contribution in [0.2, 0.25) is 0 Å². The fourth-order valence-electron chi connectivity index (χ4n) is 3.12. The molecule has 0 aliphatic carbocycles. The van der Waals surface area contributed by atoms with Gasteiger partial charge in [-0.05, 0) is 30.3 Å². The first kappa shape index (κ1) is 23.7. The minimum Gasteiger partial charge on any atom is -0.495 e. The lowest BCUT2D eigenvalue weighted by molar-refractivity contribution is -0.394. The van der Waals surface area contributed by atoms with Crippen LogP contribution < -0.4 is 20.1 Å². The molecule has 2 N–H and O–H groups in total. The number of carbonyl (C=O) groups is 2. The fraction of sp³-hybridized carbons (Fsp3) is 0.0909. The molecule has 2 amide bonds. The van der Waals surface area contributed by atoms with Crippen LogP contribution in [0.4, 0.5) is 22.7 Å². The zero-order valence-corrected chi connectivity index (χ0v) is 17.9. The zero-order valence-electron chi connectivity index (χ0n) is 17.9. The predicted octanol–water partition coefficient (Wildman–Crippen LogP) is 4.02. The number of hydrogen-bond donors (Lipinski definition) is 2. The van der Waals surface area contributed by atoms with E-state index in [0.29, 0.717) is 6.07 Å². The van der Waals surface area contributed by atoms with Crippen LogP contribution in [0.3, 0.4) is 0 Å². The van der Waals surface area contributed by atoms with E-state index in [-0.39, 0.29) is 22.9 Å². The van der Waals surface area contributed by atoms with Gasteiger partial charge in [-0.15, -0.1) is 0 Å². The van der Waals surface area contributed by atoms with Gasteiger partial charge in [0.2, 0.25) is 0 Å².